The maximum atomic E-state index is 13.6. The molecule has 0 unspecified atom stereocenters. The van der Waals surface area contributed by atoms with E-state index in [1.54, 1.807) is 0 Å². The van der Waals surface area contributed by atoms with E-state index in [9.17, 15) is 28.5 Å². The zero-order chi connectivity index (χ0) is 22.5. The number of amides is 2. The molecule has 0 bridgehead atoms. The lowest BCUT2D eigenvalue weighted by atomic mass is 10.1. The molecule has 0 aliphatic heterocycles. The molecule has 3 aromatic rings. The fourth-order valence-electron chi connectivity index (χ4n) is 2.45. The van der Waals surface area contributed by atoms with Gasteiger partial charge in [-0.05, 0) is 25.1 Å². The fraction of sp³-hybridized carbons (Fsp3) is 0.111. The number of carbonyl (C=O) groups excluding carboxylic acids is 2. The van der Waals surface area contributed by atoms with Crippen molar-refractivity contribution < 1.29 is 23.3 Å². The van der Waals surface area contributed by atoms with Crippen LogP contribution in [0.3, 0.4) is 0 Å². The van der Waals surface area contributed by atoms with E-state index in [-0.39, 0.29) is 33.4 Å². The molecule has 2 amide bonds. The van der Waals surface area contributed by atoms with Crippen molar-refractivity contribution in [1.82, 2.24) is 10.2 Å². The average Bonchev–Trinajstić information content (AvgIpc) is 3.15. The van der Waals surface area contributed by atoms with Gasteiger partial charge >= 0.3 is 0 Å². The normalized spacial score (nSPS) is 10.5. The summed E-state index contributed by atoms with van der Waals surface area (Å²) in [5, 5.41) is 23.6. The van der Waals surface area contributed by atoms with Gasteiger partial charge in [-0.1, -0.05) is 29.2 Å². The number of hydrogen-bond acceptors (Lipinski definition) is 8. The molecule has 2 N–H and O–H groups in total. The van der Waals surface area contributed by atoms with Gasteiger partial charge in [-0.15, -0.1) is 10.2 Å². The van der Waals surface area contributed by atoms with Crippen molar-refractivity contribution in [2.75, 3.05) is 16.4 Å². The number of anilines is 2. The van der Waals surface area contributed by atoms with Crippen LogP contribution in [0.1, 0.15) is 15.9 Å². The second-order valence-corrected chi connectivity index (χ2v) is 8.20. The van der Waals surface area contributed by atoms with Crippen molar-refractivity contribution >= 4 is 51.4 Å². The third kappa shape index (κ3) is 5.58. The molecule has 0 saturated heterocycles. The predicted molar refractivity (Wildman–Crippen MR) is 111 cm³/mol. The van der Waals surface area contributed by atoms with E-state index < -0.39 is 28.4 Å². The van der Waals surface area contributed by atoms with Crippen LogP contribution in [0.5, 0.6) is 0 Å². The molecular weight excluding hydrogens is 452 g/mol. The minimum Gasteiger partial charge on any atom is -0.323 e. The van der Waals surface area contributed by atoms with Crippen LogP contribution in [0.15, 0.2) is 40.7 Å². The number of carbonyl (C=O) groups is 2. The first kappa shape index (κ1) is 22.2. The van der Waals surface area contributed by atoms with Crippen molar-refractivity contribution in [1.29, 1.82) is 0 Å². The van der Waals surface area contributed by atoms with Crippen LogP contribution in [0.2, 0.25) is 0 Å². The molecule has 0 spiro atoms. The summed E-state index contributed by atoms with van der Waals surface area (Å²) in [6.07, 6.45) is 0. The zero-order valence-electron chi connectivity index (χ0n) is 15.7. The van der Waals surface area contributed by atoms with Crippen LogP contribution in [0, 0.1) is 28.7 Å². The maximum Gasteiger partial charge on any atom is 0.273 e. The fourth-order valence-corrected chi connectivity index (χ4v) is 4.00. The Morgan fingerprint density at radius 3 is 2.68 bits per heavy atom. The Balaban J connectivity index is 1.58. The van der Waals surface area contributed by atoms with E-state index in [0.29, 0.717) is 10.4 Å². The van der Waals surface area contributed by atoms with Gasteiger partial charge < -0.3 is 5.32 Å². The van der Waals surface area contributed by atoms with E-state index in [0.717, 1.165) is 35.2 Å². The van der Waals surface area contributed by atoms with Crippen LogP contribution in [-0.2, 0) is 4.79 Å². The first-order valence-electron chi connectivity index (χ1n) is 8.51. The van der Waals surface area contributed by atoms with E-state index in [2.05, 4.69) is 20.8 Å². The molecule has 0 aliphatic carbocycles. The van der Waals surface area contributed by atoms with E-state index >= 15 is 0 Å². The van der Waals surface area contributed by atoms with E-state index in [1.165, 1.54) is 25.1 Å². The third-order valence-corrected chi connectivity index (χ3v) is 5.88. The topological polar surface area (TPSA) is 127 Å². The standard InChI is InChI=1S/C18H13F2N5O4S2/c1-9-11(3-2-4-14(9)25(28)29)16(27)22-17-23-24-18(31-17)30-8-15(26)21-13-6-5-10(19)7-12(13)20/h2-7H,8H2,1H3,(H,21,26)(H,22,23,27). The number of rotatable bonds is 7. The second-order valence-electron chi connectivity index (χ2n) is 6.00. The Morgan fingerprint density at radius 1 is 1.19 bits per heavy atom. The SMILES string of the molecule is Cc1c(C(=O)Nc2nnc(SCC(=O)Nc3ccc(F)cc3F)s2)cccc1[N+](=O)[O-]. The summed E-state index contributed by atoms with van der Waals surface area (Å²) in [4.78, 5) is 34.8. The van der Waals surface area contributed by atoms with Crippen molar-refractivity contribution in [3.05, 3.63) is 69.3 Å². The molecule has 0 atom stereocenters. The molecule has 0 aliphatic rings. The minimum atomic E-state index is -0.893. The highest BCUT2D eigenvalue weighted by atomic mass is 32.2. The molecule has 2 aromatic carbocycles. The molecule has 1 heterocycles. The van der Waals surface area contributed by atoms with Gasteiger partial charge in [-0.2, -0.15) is 0 Å². The highest BCUT2D eigenvalue weighted by molar-refractivity contribution is 8.01. The molecular formula is C18H13F2N5O4S2. The van der Waals surface area contributed by atoms with Gasteiger partial charge in [0.05, 0.1) is 16.4 Å². The van der Waals surface area contributed by atoms with Crippen LogP contribution in [-0.4, -0.2) is 32.7 Å². The summed E-state index contributed by atoms with van der Waals surface area (Å²) in [7, 11) is 0. The maximum absolute atomic E-state index is 13.6. The van der Waals surface area contributed by atoms with Crippen LogP contribution < -0.4 is 10.6 Å². The molecule has 0 radical (unpaired) electrons. The molecule has 160 valence electrons. The lowest BCUT2D eigenvalue weighted by molar-refractivity contribution is -0.385. The Bertz CT molecular complexity index is 1170. The number of nitro groups is 1. The number of nitrogens with one attached hydrogen (secondary N) is 2. The number of halogens is 2. The summed E-state index contributed by atoms with van der Waals surface area (Å²) in [6.45, 7) is 1.47. The number of aromatic nitrogens is 2. The van der Waals surface area contributed by atoms with Crippen molar-refractivity contribution in [2.24, 2.45) is 0 Å². The third-order valence-electron chi connectivity index (χ3n) is 3.91. The average molecular weight is 465 g/mol. The monoisotopic (exact) mass is 465 g/mol. The highest BCUT2D eigenvalue weighted by Gasteiger charge is 2.19. The molecule has 0 fully saturated rings. The minimum absolute atomic E-state index is 0.122. The Kier molecular flexibility index (Phi) is 6.87. The van der Waals surface area contributed by atoms with Gasteiger partial charge in [-0.3, -0.25) is 25.0 Å². The van der Waals surface area contributed by atoms with E-state index in [1.807, 2.05) is 0 Å². The quantitative estimate of drug-likeness (QED) is 0.233. The molecule has 13 heteroatoms. The largest absolute Gasteiger partial charge is 0.323 e. The predicted octanol–water partition coefficient (Wildman–Crippen LogP) is 4.02. The first-order chi connectivity index (χ1) is 14.7. The first-order valence-corrected chi connectivity index (χ1v) is 10.3. The summed E-state index contributed by atoms with van der Waals surface area (Å²) >= 11 is 2.00. The van der Waals surface area contributed by atoms with E-state index in [4.69, 9.17) is 0 Å². The van der Waals surface area contributed by atoms with Crippen LogP contribution >= 0.6 is 23.1 Å². The van der Waals surface area contributed by atoms with Crippen LogP contribution in [0.4, 0.5) is 25.3 Å². The smallest absolute Gasteiger partial charge is 0.273 e. The molecule has 9 nitrogen and oxygen atoms in total. The highest BCUT2D eigenvalue weighted by Crippen LogP contribution is 2.27. The molecule has 0 saturated carbocycles. The lowest BCUT2D eigenvalue weighted by Gasteiger charge is -2.05. The summed E-state index contributed by atoms with van der Waals surface area (Å²) in [5.74, 6) is -2.89. The number of benzene rings is 2. The van der Waals surface area contributed by atoms with Gasteiger partial charge in [0, 0.05) is 23.3 Å². The number of hydrogen-bond donors (Lipinski definition) is 2. The molecule has 3 rings (SSSR count). The van der Waals surface area contributed by atoms with Crippen molar-refractivity contribution in [3.63, 3.8) is 0 Å². The van der Waals surface area contributed by atoms with Gasteiger partial charge in [-0.25, -0.2) is 8.78 Å². The van der Waals surface area contributed by atoms with Gasteiger partial charge in [0.1, 0.15) is 11.6 Å². The second kappa shape index (κ2) is 9.57. The summed E-state index contributed by atoms with van der Waals surface area (Å²) in [5.41, 5.74) is 0.0161. The van der Waals surface area contributed by atoms with Gasteiger partial charge in [0.25, 0.3) is 11.6 Å². The van der Waals surface area contributed by atoms with Crippen molar-refractivity contribution in [3.8, 4) is 0 Å². The van der Waals surface area contributed by atoms with Gasteiger partial charge in [0.15, 0.2) is 4.34 Å². The van der Waals surface area contributed by atoms with Crippen molar-refractivity contribution in [2.45, 2.75) is 11.3 Å². The number of nitrogens with zero attached hydrogens (tertiary/aromatic N) is 3. The number of thioether (sulfide) groups is 1. The Labute approximate surface area is 182 Å². The Morgan fingerprint density at radius 2 is 1.97 bits per heavy atom. The lowest BCUT2D eigenvalue weighted by Crippen LogP contribution is -2.15. The Hall–Kier alpha value is -3.45. The molecule has 1 aromatic heterocycles. The molecule has 31 heavy (non-hydrogen) atoms. The summed E-state index contributed by atoms with van der Waals surface area (Å²) < 4.78 is 26.8. The van der Waals surface area contributed by atoms with Gasteiger partial charge in [0.2, 0.25) is 11.0 Å². The zero-order valence-corrected chi connectivity index (χ0v) is 17.4. The summed E-state index contributed by atoms with van der Waals surface area (Å²) in [6, 6.07) is 6.95. The number of nitro benzene ring substituents is 1. The van der Waals surface area contributed by atoms with Crippen LogP contribution in [0.25, 0.3) is 0 Å².